The van der Waals surface area contributed by atoms with E-state index in [0.29, 0.717) is 6.54 Å². The Kier molecular flexibility index (Phi) is 4.99. The minimum absolute atomic E-state index is 0.629. The van der Waals surface area contributed by atoms with Gasteiger partial charge in [-0.25, -0.2) is 9.97 Å². The highest BCUT2D eigenvalue weighted by molar-refractivity contribution is 7.99. The van der Waals surface area contributed by atoms with Crippen molar-refractivity contribution in [1.82, 2.24) is 15.3 Å². The number of rotatable bonds is 5. The lowest BCUT2D eigenvalue weighted by Crippen LogP contribution is -2.16. The van der Waals surface area contributed by atoms with E-state index < -0.39 is 0 Å². The topological polar surface area (TPSA) is 37.8 Å². The Morgan fingerprint density at radius 1 is 1.62 bits per heavy atom. The molecule has 1 aromatic rings. The van der Waals surface area contributed by atoms with Crippen molar-refractivity contribution in [2.24, 2.45) is 0 Å². The maximum atomic E-state index is 5.08. The molecule has 1 heterocycles. The summed E-state index contributed by atoms with van der Waals surface area (Å²) in [6.07, 6.45) is 8.38. The molecule has 0 amide bonds. The van der Waals surface area contributed by atoms with Crippen LogP contribution in [0.1, 0.15) is 0 Å². The van der Waals surface area contributed by atoms with Crippen molar-refractivity contribution in [3.05, 3.63) is 18.6 Å². The molecule has 0 spiro atoms. The standard InChI is InChI=1S/C9H11N3S/c1-2-4-10-6-7-13-9-3-5-11-8-12-9/h1,3,5,8,10H,4,6-7H2. The van der Waals surface area contributed by atoms with Crippen LogP contribution in [0.4, 0.5) is 0 Å². The van der Waals surface area contributed by atoms with Gasteiger partial charge in [0.25, 0.3) is 0 Å². The fourth-order valence-electron chi connectivity index (χ4n) is 0.752. The van der Waals surface area contributed by atoms with Crippen molar-refractivity contribution >= 4 is 11.8 Å². The highest BCUT2D eigenvalue weighted by Gasteiger charge is 1.92. The van der Waals surface area contributed by atoms with Crippen molar-refractivity contribution < 1.29 is 0 Å². The summed E-state index contributed by atoms with van der Waals surface area (Å²) in [4.78, 5) is 7.92. The van der Waals surface area contributed by atoms with Gasteiger partial charge >= 0.3 is 0 Å². The van der Waals surface area contributed by atoms with E-state index >= 15 is 0 Å². The molecule has 0 aliphatic carbocycles. The van der Waals surface area contributed by atoms with Crippen molar-refractivity contribution in [2.45, 2.75) is 5.03 Å². The van der Waals surface area contributed by atoms with Crippen molar-refractivity contribution in [3.63, 3.8) is 0 Å². The van der Waals surface area contributed by atoms with Crippen LogP contribution in [0.2, 0.25) is 0 Å². The van der Waals surface area contributed by atoms with Gasteiger partial charge < -0.3 is 5.32 Å². The van der Waals surface area contributed by atoms with E-state index in [1.54, 1.807) is 24.3 Å². The van der Waals surface area contributed by atoms with Crippen LogP contribution in [0.15, 0.2) is 23.6 Å². The second-order valence-corrected chi connectivity index (χ2v) is 3.39. The molecule has 13 heavy (non-hydrogen) atoms. The number of terminal acetylenes is 1. The minimum Gasteiger partial charge on any atom is -0.305 e. The Labute approximate surface area is 82.4 Å². The van der Waals surface area contributed by atoms with Crippen molar-refractivity contribution in [1.29, 1.82) is 0 Å². The molecule has 3 nitrogen and oxygen atoms in total. The molecule has 1 N–H and O–H groups in total. The Balaban J connectivity index is 2.11. The molecule has 1 aromatic heterocycles. The summed E-state index contributed by atoms with van der Waals surface area (Å²) in [5, 5.41) is 4.10. The van der Waals surface area contributed by atoms with Crippen molar-refractivity contribution in [3.8, 4) is 12.3 Å². The van der Waals surface area contributed by atoms with E-state index in [-0.39, 0.29) is 0 Å². The van der Waals surface area contributed by atoms with Crippen LogP contribution in [0, 0.1) is 12.3 Å². The molecule has 0 unspecified atom stereocenters. The molecule has 0 saturated heterocycles. The Morgan fingerprint density at radius 3 is 3.23 bits per heavy atom. The number of nitrogens with zero attached hydrogens (tertiary/aromatic N) is 2. The lowest BCUT2D eigenvalue weighted by atomic mass is 10.6. The molecule has 0 aliphatic heterocycles. The lowest BCUT2D eigenvalue weighted by molar-refractivity contribution is 0.817. The summed E-state index contributed by atoms with van der Waals surface area (Å²) >= 11 is 1.69. The molecular formula is C9H11N3S. The number of nitrogens with one attached hydrogen (secondary N) is 1. The van der Waals surface area contributed by atoms with Gasteiger partial charge in [-0.3, -0.25) is 0 Å². The zero-order valence-electron chi connectivity index (χ0n) is 7.23. The first kappa shape index (κ1) is 10.0. The average Bonchev–Trinajstić information content (AvgIpc) is 2.19. The molecule has 1 rings (SSSR count). The summed E-state index contributed by atoms with van der Waals surface area (Å²) in [6, 6.07) is 1.89. The predicted octanol–water partition coefficient (Wildman–Crippen LogP) is 0.791. The highest BCUT2D eigenvalue weighted by atomic mass is 32.2. The molecule has 0 bridgehead atoms. The number of thioether (sulfide) groups is 1. The normalized spacial score (nSPS) is 9.46. The van der Waals surface area contributed by atoms with E-state index in [2.05, 4.69) is 21.2 Å². The lowest BCUT2D eigenvalue weighted by Gasteiger charge is -1.99. The van der Waals surface area contributed by atoms with Crippen molar-refractivity contribution in [2.75, 3.05) is 18.8 Å². The van der Waals surface area contributed by atoms with E-state index in [9.17, 15) is 0 Å². The van der Waals surface area contributed by atoms with Gasteiger partial charge in [-0.2, -0.15) is 0 Å². The third kappa shape index (κ3) is 4.51. The monoisotopic (exact) mass is 193 g/mol. The SMILES string of the molecule is C#CCNCCSc1ccncn1. The summed E-state index contributed by atoms with van der Waals surface area (Å²) < 4.78 is 0. The van der Waals surface area contributed by atoms with Crippen LogP contribution in [0.25, 0.3) is 0 Å². The van der Waals surface area contributed by atoms with Gasteiger partial charge in [-0.15, -0.1) is 18.2 Å². The first-order valence-corrected chi connectivity index (χ1v) is 4.95. The van der Waals surface area contributed by atoms with E-state index in [0.717, 1.165) is 17.3 Å². The van der Waals surface area contributed by atoms with Gasteiger partial charge in [0.2, 0.25) is 0 Å². The summed E-state index contributed by atoms with van der Waals surface area (Å²) in [5.74, 6) is 3.49. The van der Waals surface area contributed by atoms with Gasteiger partial charge in [0.1, 0.15) is 6.33 Å². The smallest absolute Gasteiger partial charge is 0.116 e. The van der Waals surface area contributed by atoms with Gasteiger partial charge in [0.05, 0.1) is 11.6 Å². The largest absolute Gasteiger partial charge is 0.305 e. The molecule has 4 heteroatoms. The number of hydrogen-bond donors (Lipinski definition) is 1. The van der Waals surface area contributed by atoms with Crippen LogP contribution in [-0.2, 0) is 0 Å². The van der Waals surface area contributed by atoms with Crippen LogP contribution in [0.3, 0.4) is 0 Å². The minimum atomic E-state index is 0.629. The molecule has 0 atom stereocenters. The van der Waals surface area contributed by atoms with Crippen LogP contribution in [-0.4, -0.2) is 28.8 Å². The second-order valence-electron chi connectivity index (χ2n) is 2.28. The highest BCUT2D eigenvalue weighted by Crippen LogP contribution is 2.11. The third-order valence-corrected chi connectivity index (χ3v) is 2.26. The quantitative estimate of drug-likeness (QED) is 0.325. The van der Waals surface area contributed by atoms with Crippen LogP contribution in [0.5, 0.6) is 0 Å². The fraction of sp³-hybridized carbons (Fsp3) is 0.333. The molecule has 68 valence electrons. The molecule has 0 aliphatic rings. The molecular weight excluding hydrogens is 182 g/mol. The molecule has 0 fully saturated rings. The van der Waals surface area contributed by atoms with Gasteiger partial charge in [-0.1, -0.05) is 5.92 Å². The van der Waals surface area contributed by atoms with Crippen LogP contribution < -0.4 is 5.32 Å². The Bertz CT molecular complexity index is 268. The molecule has 0 radical (unpaired) electrons. The molecule has 0 saturated carbocycles. The van der Waals surface area contributed by atoms with E-state index in [4.69, 9.17) is 6.42 Å². The zero-order chi connectivity index (χ0) is 9.36. The average molecular weight is 193 g/mol. The van der Waals surface area contributed by atoms with E-state index in [1.165, 1.54) is 0 Å². The maximum absolute atomic E-state index is 5.08. The summed E-state index contributed by atoms with van der Waals surface area (Å²) in [7, 11) is 0. The summed E-state index contributed by atoms with van der Waals surface area (Å²) in [6.45, 7) is 1.53. The Hall–Kier alpha value is -1.05. The second kappa shape index (κ2) is 6.46. The van der Waals surface area contributed by atoms with E-state index in [1.807, 2.05) is 6.07 Å². The summed E-state index contributed by atoms with van der Waals surface area (Å²) in [5.41, 5.74) is 0. The predicted molar refractivity (Wildman–Crippen MR) is 54.5 cm³/mol. The Morgan fingerprint density at radius 2 is 2.54 bits per heavy atom. The fourth-order valence-corrected chi connectivity index (χ4v) is 1.49. The third-order valence-electron chi connectivity index (χ3n) is 1.31. The first-order chi connectivity index (χ1) is 6.43. The maximum Gasteiger partial charge on any atom is 0.116 e. The first-order valence-electron chi connectivity index (χ1n) is 3.96. The van der Waals surface area contributed by atoms with Gasteiger partial charge in [0, 0.05) is 18.5 Å². The van der Waals surface area contributed by atoms with Gasteiger partial charge in [-0.05, 0) is 6.07 Å². The van der Waals surface area contributed by atoms with Crippen LogP contribution >= 0.6 is 11.8 Å². The van der Waals surface area contributed by atoms with Gasteiger partial charge in [0.15, 0.2) is 0 Å². The zero-order valence-corrected chi connectivity index (χ0v) is 8.05. The number of aromatic nitrogens is 2. The number of hydrogen-bond acceptors (Lipinski definition) is 4. The molecule has 0 aromatic carbocycles.